The van der Waals surface area contributed by atoms with Crippen LogP contribution in [-0.4, -0.2) is 36.1 Å². The lowest BCUT2D eigenvalue weighted by Crippen LogP contribution is -2.30. The number of nitrogens with two attached hydrogens (primary N) is 1. The van der Waals surface area contributed by atoms with Crippen LogP contribution in [0.25, 0.3) is 0 Å². The highest BCUT2D eigenvalue weighted by Gasteiger charge is 2.11. The van der Waals surface area contributed by atoms with Gasteiger partial charge in [0.15, 0.2) is 0 Å². The predicted octanol–water partition coefficient (Wildman–Crippen LogP) is 3.46. The maximum absolute atomic E-state index is 12.4. The van der Waals surface area contributed by atoms with Crippen LogP contribution in [0.3, 0.4) is 0 Å². The number of nitrogens with one attached hydrogen (secondary N) is 1. The normalized spacial score (nSPS) is 11.0. The fraction of sp³-hybridized carbons (Fsp3) is 0.333. The second kappa shape index (κ2) is 10.1. The first-order valence-corrected chi connectivity index (χ1v) is 9.91. The molecule has 2 amide bonds. The molecule has 0 radical (unpaired) electrons. The molecular weight excluding hydrogens is 358 g/mol. The van der Waals surface area contributed by atoms with E-state index in [2.05, 4.69) is 43.4 Å². The summed E-state index contributed by atoms with van der Waals surface area (Å²) in [4.78, 5) is 26.2. The number of carbonyl (C=O) groups is 2. The quantitative estimate of drug-likeness (QED) is 0.648. The lowest BCUT2D eigenvalue weighted by molar-refractivity contribution is -0.117. The highest BCUT2D eigenvalue weighted by atomic mass is 32.2. The second-order valence-corrected chi connectivity index (χ2v) is 7.89. The first kappa shape index (κ1) is 21.0. The molecule has 0 saturated carbocycles. The van der Waals surface area contributed by atoms with Gasteiger partial charge in [-0.1, -0.05) is 50.2 Å². The number of amides is 2. The van der Waals surface area contributed by atoms with Crippen molar-refractivity contribution in [3.63, 3.8) is 0 Å². The number of anilines is 1. The zero-order valence-electron chi connectivity index (χ0n) is 16.1. The summed E-state index contributed by atoms with van der Waals surface area (Å²) in [6, 6.07) is 15.9. The van der Waals surface area contributed by atoms with E-state index in [0.717, 1.165) is 4.90 Å². The zero-order chi connectivity index (χ0) is 19.8. The lowest BCUT2D eigenvalue weighted by Gasteiger charge is -2.18. The van der Waals surface area contributed by atoms with Crippen LogP contribution in [0.15, 0.2) is 53.4 Å². The standard InChI is InChI=1S/C21H27N3O2S/c1-15(2)17-10-8-16(9-11-17)12-24(3)13-21(26)23-18-6-4-5-7-19(18)27-14-20(22)25/h4-11,15H,12-14H2,1-3H3,(H2,22,25)(H,23,26). The highest BCUT2D eigenvalue weighted by Crippen LogP contribution is 2.26. The average molecular weight is 386 g/mol. The van der Waals surface area contributed by atoms with Gasteiger partial charge in [0.1, 0.15) is 0 Å². The van der Waals surface area contributed by atoms with E-state index in [1.807, 2.05) is 36.2 Å². The molecule has 0 saturated heterocycles. The Kier molecular flexibility index (Phi) is 7.88. The van der Waals surface area contributed by atoms with Crippen LogP contribution in [0, 0.1) is 0 Å². The molecule has 6 heteroatoms. The van der Waals surface area contributed by atoms with Crippen molar-refractivity contribution in [2.75, 3.05) is 24.7 Å². The number of rotatable bonds is 9. The number of benzene rings is 2. The summed E-state index contributed by atoms with van der Waals surface area (Å²) < 4.78 is 0. The summed E-state index contributed by atoms with van der Waals surface area (Å²) in [6.45, 7) is 5.32. The number of para-hydroxylation sites is 1. The fourth-order valence-corrected chi connectivity index (χ4v) is 3.40. The second-order valence-electron chi connectivity index (χ2n) is 6.87. The monoisotopic (exact) mass is 385 g/mol. The van der Waals surface area contributed by atoms with Crippen LogP contribution in [0.5, 0.6) is 0 Å². The Hall–Kier alpha value is -2.31. The Balaban J connectivity index is 1.90. The molecule has 0 bridgehead atoms. The minimum Gasteiger partial charge on any atom is -0.369 e. The summed E-state index contributed by atoms with van der Waals surface area (Å²) in [5, 5.41) is 2.92. The summed E-state index contributed by atoms with van der Waals surface area (Å²) in [6.07, 6.45) is 0. The van der Waals surface area contributed by atoms with Gasteiger partial charge < -0.3 is 11.1 Å². The van der Waals surface area contributed by atoms with Crippen molar-refractivity contribution >= 4 is 29.3 Å². The molecule has 2 rings (SSSR count). The molecule has 0 fully saturated rings. The van der Waals surface area contributed by atoms with Gasteiger partial charge in [0.05, 0.1) is 18.0 Å². The van der Waals surface area contributed by atoms with Crippen LogP contribution in [0.4, 0.5) is 5.69 Å². The van der Waals surface area contributed by atoms with E-state index in [4.69, 9.17) is 5.73 Å². The van der Waals surface area contributed by atoms with Gasteiger partial charge in [0, 0.05) is 11.4 Å². The third-order valence-corrected chi connectivity index (χ3v) is 5.14. The Bertz CT molecular complexity index is 775. The van der Waals surface area contributed by atoms with Crippen molar-refractivity contribution in [1.29, 1.82) is 0 Å². The number of likely N-dealkylation sites (N-methyl/N-ethyl adjacent to an activating group) is 1. The molecule has 0 aliphatic heterocycles. The third-order valence-electron chi connectivity index (χ3n) is 4.04. The molecule has 27 heavy (non-hydrogen) atoms. The molecule has 0 heterocycles. The van der Waals surface area contributed by atoms with E-state index < -0.39 is 0 Å². The SMILES string of the molecule is CC(C)c1ccc(CN(C)CC(=O)Nc2ccccc2SCC(N)=O)cc1. The third kappa shape index (κ3) is 7.07. The maximum atomic E-state index is 12.4. The van der Waals surface area contributed by atoms with E-state index in [1.165, 1.54) is 22.9 Å². The topological polar surface area (TPSA) is 75.4 Å². The van der Waals surface area contributed by atoms with Crippen LogP contribution in [-0.2, 0) is 16.1 Å². The molecular formula is C21H27N3O2S. The van der Waals surface area contributed by atoms with E-state index in [1.54, 1.807) is 0 Å². The number of hydrogen-bond donors (Lipinski definition) is 2. The largest absolute Gasteiger partial charge is 0.369 e. The Labute approximate surface area is 165 Å². The van der Waals surface area contributed by atoms with Crippen molar-refractivity contribution in [1.82, 2.24) is 4.90 Å². The molecule has 2 aromatic rings. The van der Waals surface area contributed by atoms with Crippen molar-refractivity contribution < 1.29 is 9.59 Å². The first-order valence-electron chi connectivity index (χ1n) is 8.92. The molecule has 5 nitrogen and oxygen atoms in total. The zero-order valence-corrected chi connectivity index (χ0v) is 16.9. The van der Waals surface area contributed by atoms with E-state index in [0.29, 0.717) is 18.2 Å². The molecule has 0 unspecified atom stereocenters. The van der Waals surface area contributed by atoms with Gasteiger partial charge in [-0.2, -0.15) is 0 Å². The van der Waals surface area contributed by atoms with Gasteiger partial charge in [-0.3, -0.25) is 14.5 Å². The molecule has 0 aliphatic carbocycles. The van der Waals surface area contributed by atoms with E-state index >= 15 is 0 Å². The molecule has 0 spiro atoms. The van der Waals surface area contributed by atoms with Gasteiger partial charge in [0.25, 0.3) is 0 Å². The molecule has 144 valence electrons. The number of hydrogen-bond acceptors (Lipinski definition) is 4. The number of primary amides is 1. The lowest BCUT2D eigenvalue weighted by atomic mass is 10.0. The molecule has 0 atom stereocenters. The number of carbonyl (C=O) groups excluding carboxylic acids is 2. The summed E-state index contributed by atoms with van der Waals surface area (Å²) in [5.74, 6) is 0.210. The van der Waals surface area contributed by atoms with Gasteiger partial charge in [0.2, 0.25) is 11.8 Å². The van der Waals surface area contributed by atoms with Crippen LogP contribution in [0.1, 0.15) is 30.9 Å². The number of thioether (sulfide) groups is 1. The van der Waals surface area contributed by atoms with E-state index in [-0.39, 0.29) is 24.1 Å². The minimum atomic E-state index is -0.385. The maximum Gasteiger partial charge on any atom is 0.238 e. The highest BCUT2D eigenvalue weighted by molar-refractivity contribution is 8.00. The summed E-state index contributed by atoms with van der Waals surface area (Å²) in [5.41, 5.74) is 8.38. The fourth-order valence-electron chi connectivity index (χ4n) is 2.66. The number of nitrogens with zero attached hydrogens (tertiary/aromatic N) is 1. The van der Waals surface area contributed by atoms with Gasteiger partial charge in [-0.15, -0.1) is 11.8 Å². The van der Waals surface area contributed by atoms with Crippen molar-refractivity contribution in [3.05, 3.63) is 59.7 Å². The molecule has 3 N–H and O–H groups in total. The molecule has 0 aliphatic rings. The first-order chi connectivity index (χ1) is 12.8. The van der Waals surface area contributed by atoms with Crippen molar-refractivity contribution in [3.8, 4) is 0 Å². The summed E-state index contributed by atoms with van der Waals surface area (Å²) in [7, 11) is 1.92. The van der Waals surface area contributed by atoms with Crippen molar-refractivity contribution in [2.24, 2.45) is 5.73 Å². The van der Waals surface area contributed by atoms with Crippen LogP contribution >= 0.6 is 11.8 Å². The molecule has 0 aromatic heterocycles. The smallest absolute Gasteiger partial charge is 0.238 e. The average Bonchev–Trinajstić information content (AvgIpc) is 2.61. The Morgan fingerprint density at radius 1 is 1.11 bits per heavy atom. The minimum absolute atomic E-state index is 0.0941. The van der Waals surface area contributed by atoms with Crippen LogP contribution < -0.4 is 11.1 Å². The van der Waals surface area contributed by atoms with Gasteiger partial charge in [-0.05, 0) is 36.2 Å². The predicted molar refractivity (Wildman–Crippen MR) is 112 cm³/mol. The molecule has 2 aromatic carbocycles. The van der Waals surface area contributed by atoms with Crippen molar-refractivity contribution in [2.45, 2.75) is 31.2 Å². The Morgan fingerprint density at radius 3 is 2.41 bits per heavy atom. The van der Waals surface area contributed by atoms with Crippen LogP contribution in [0.2, 0.25) is 0 Å². The van der Waals surface area contributed by atoms with Gasteiger partial charge >= 0.3 is 0 Å². The van der Waals surface area contributed by atoms with E-state index in [9.17, 15) is 9.59 Å². The summed E-state index contributed by atoms with van der Waals surface area (Å²) >= 11 is 1.32. The Morgan fingerprint density at radius 2 is 1.78 bits per heavy atom. The van der Waals surface area contributed by atoms with Gasteiger partial charge in [-0.25, -0.2) is 0 Å².